The van der Waals surface area contributed by atoms with E-state index in [9.17, 15) is 5.11 Å². The first-order chi connectivity index (χ1) is 15.5. The van der Waals surface area contributed by atoms with Crippen molar-refractivity contribution in [1.82, 2.24) is 25.1 Å². The lowest BCUT2D eigenvalue weighted by Crippen LogP contribution is -2.16. The molecule has 0 saturated carbocycles. The van der Waals surface area contributed by atoms with Gasteiger partial charge in [-0.2, -0.15) is 0 Å². The summed E-state index contributed by atoms with van der Waals surface area (Å²) in [5.41, 5.74) is 4.55. The molecule has 164 valence electrons. The van der Waals surface area contributed by atoms with Crippen molar-refractivity contribution < 1.29 is 14.4 Å². The second-order valence-corrected chi connectivity index (χ2v) is 7.57. The smallest absolute Gasteiger partial charge is 0.160 e. The number of aliphatic hydroxyl groups excluding tert-OH is 1. The Hall–Kier alpha value is -3.65. The first-order valence-electron chi connectivity index (χ1n) is 10.5. The molecule has 0 radical (unpaired) electrons. The molecule has 8 heteroatoms. The Morgan fingerprint density at radius 3 is 2.53 bits per heavy atom. The number of benzene rings is 1. The Balaban J connectivity index is 1.75. The largest absolute Gasteiger partial charge is 0.491 e. The standard InChI is InChI=1S/C24H25N5O3/c1-4-6-19(30)13-31-20-8-5-7-17(9-20)24-27-21(18-11-25-14-26-12-18)10-22(28-24)23-15(2)29-32-16(23)3/h5,7-12,14,19,30H,4,6,13H2,1-3H3. The fraction of sp³-hybridized carbons (Fsp3) is 0.292. The lowest BCUT2D eigenvalue weighted by Gasteiger charge is -2.13. The fourth-order valence-corrected chi connectivity index (χ4v) is 3.47. The molecule has 0 amide bonds. The Labute approximate surface area is 186 Å². The highest BCUT2D eigenvalue weighted by molar-refractivity contribution is 5.73. The van der Waals surface area contributed by atoms with Crippen LogP contribution >= 0.6 is 0 Å². The first kappa shape index (κ1) is 21.6. The van der Waals surface area contributed by atoms with E-state index in [2.05, 4.69) is 15.1 Å². The zero-order valence-corrected chi connectivity index (χ0v) is 18.3. The lowest BCUT2D eigenvalue weighted by molar-refractivity contribution is 0.0994. The quantitative estimate of drug-likeness (QED) is 0.437. The number of hydrogen-bond acceptors (Lipinski definition) is 8. The van der Waals surface area contributed by atoms with Crippen molar-refractivity contribution in [2.45, 2.75) is 39.7 Å². The Kier molecular flexibility index (Phi) is 6.51. The number of aliphatic hydroxyl groups is 1. The summed E-state index contributed by atoms with van der Waals surface area (Å²) in [5.74, 6) is 1.86. The van der Waals surface area contributed by atoms with Crippen LogP contribution in [0.4, 0.5) is 0 Å². The molecule has 0 aliphatic heterocycles. The molecular weight excluding hydrogens is 406 g/mol. The minimum Gasteiger partial charge on any atom is -0.491 e. The summed E-state index contributed by atoms with van der Waals surface area (Å²) in [5, 5.41) is 14.0. The molecule has 0 fully saturated rings. The predicted molar refractivity (Wildman–Crippen MR) is 120 cm³/mol. The van der Waals surface area contributed by atoms with Crippen molar-refractivity contribution in [2.75, 3.05) is 6.61 Å². The Morgan fingerprint density at radius 1 is 1.03 bits per heavy atom. The SMILES string of the molecule is CCCC(O)COc1cccc(-c2nc(-c3cncnc3)cc(-c3c(C)noc3C)n2)c1. The molecule has 4 rings (SSSR count). The van der Waals surface area contributed by atoms with Crippen LogP contribution < -0.4 is 4.74 Å². The van der Waals surface area contributed by atoms with E-state index in [1.807, 2.05) is 51.1 Å². The van der Waals surface area contributed by atoms with Gasteiger partial charge in [-0.1, -0.05) is 30.6 Å². The number of nitrogens with zero attached hydrogens (tertiary/aromatic N) is 5. The van der Waals surface area contributed by atoms with Crippen LogP contribution in [0.5, 0.6) is 5.75 Å². The van der Waals surface area contributed by atoms with Crippen LogP contribution in [0.3, 0.4) is 0 Å². The third-order valence-corrected chi connectivity index (χ3v) is 5.03. The predicted octanol–water partition coefficient (Wildman–Crippen LogP) is 4.41. The average molecular weight is 431 g/mol. The summed E-state index contributed by atoms with van der Waals surface area (Å²) in [6.45, 7) is 6.01. The molecule has 3 aromatic heterocycles. The number of ether oxygens (including phenoxy) is 1. The van der Waals surface area contributed by atoms with Gasteiger partial charge in [0.2, 0.25) is 0 Å². The van der Waals surface area contributed by atoms with Gasteiger partial charge in [-0.05, 0) is 38.5 Å². The van der Waals surface area contributed by atoms with Gasteiger partial charge in [0.15, 0.2) is 5.82 Å². The van der Waals surface area contributed by atoms with Gasteiger partial charge in [0.05, 0.1) is 28.7 Å². The molecule has 8 nitrogen and oxygen atoms in total. The minimum absolute atomic E-state index is 0.240. The zero-order valence-electron chi connectivity index (χ0n) is 18.3. The second kappa shape index (κ2) is 9.65. The van der Waals surface area contributed by atoms with Crippen molar-refractivity contribution >= 4 is 0 Å². The summed E-state index contributed by atoms with van der Waals surface area (Å²) < 4.78 is 11.1. The molecule has 32 heavy (non-hydrogen) atoms. The molecule has 0 bridgehead atoms. The van der Waals surface area contributed by atoms with Gasteiger partial charge in [-0.3, -0.25) is 0 Å². The third-order valence-electron chi connectivity index (χ3n) is 5.03. The van der Waals surface area contributed by atoms with Gasteiger partial charge in [0, 0.05) is 23.5 Å². The van der Waals surface area contributed by atoms with Gasteiger partial charge in [0.1, 0.15) is 24.4 Å². The fourth-order valence-electron chi connectivity index (χ4n) is 3.47. The van der Waals surface area contributed by atoms with E-state index in [1.165, 1.54) is 6.33 Å². The molecule has 0 aliphatic carbocycles. The molecule has 0 aliphatic rings. The maximum atomic E-state index is 9.98. The van der Waals surface area contributed by atoms with E-state index in [4.69, 9.17) is 19.2 Å². The third kappa shape index (κ3) is 4.81. The van der Waals surface area contributed by atoms with Gasteiger partial charge in [0.25, 0.3) is 0 Å². The van der Waals surface area contributed by atoms with E-state index in [0.29, 0.717) is 35.1 Å². The molecule has 0 saturated heterocycles. The lowest BCUT2D eigenvalue weighted by atomic mass is 10.1. The Morgan fingerprint density at radius 2 is 1.81 bits per heavy atom. The molecule has 1 N–H and O–H groups in total. The first-order valence-corrected chi connectivity index (χ1v) is 10.5. The topological polar surface area (TPSA) is 107 Å². The normalized spacial score (nSPS) is 12.0. The van der Waals surface area contributed by atoms with Crippen molar-refractivity contribution in [2.24, 2.45) is 0 Å². The van der Waals surface area contributed by atoms with E-state index in [-0.39, 0.29) is 6.61 Å². The molecule has 1 unspecified atom stereocenters. The molecule has 1 atom stereocenters. The molecule has 1 aromatic carbocycles. The van der Waals surface area contributed by atoms with Crippen LogP contribution in [0, 0.1) is 13.8 Å². The molecular formula is C24H25N5O3. The van der Waals surface area contributed by atoms with Crippen LogP contribution in [0.25, 0.3) is 33.9 Å². The average Bonchev–Trinajstić information content (AvgIpc) is 3.16. The van der Waals surface area contributed by atoms with Gasteiger partial charge in [-0.15, -0.1) is 0 Å². The summed E-state index contributed by atoms with van der Waals surface area (Å²) in [6, 6.07) is 9.42. The number of rotatable bonds is 8. The number of aromatic nitrogens is 5. The summed E-state index contributed by atoms with van der Waals surface area (Å²) in [7, 11) is 0. The number of hydrogen-bond donors (Lipinski definition) is 1. The summed E-state index contributed by atoms with van der Waals surface area (Å²) >= 11 is 0. The molecule has 4 aromatic rings. The summed E-state index contributed by atoms with van der Waals surface area (Å²) in [6.07, 6.45) is 6.01. The van der Waals surface area contributed by atoms with Crippen LogP contribution in [0.15, 0.2) is 53.6 Å². The van der Waals surface area contributed by atoms with Crippen molar-refractivity contribution in [3.8, 4) is 39.7 Å². The van der Waals surface area contributed by atoms with Crippen molar-refractivity contribution in [3.05, 3.63) is 60.5 Å². The van der Waals surface area contributed by atoms with E-state index in [1.54, 1.807) is 12.4 Å². The second-order valence-electron chi connectivity index (χ2n) is 7.57. The highest BCUT2D eigenvalue weighted by Crippen LogP contribution is 2.31. The van der Waals surface area contributed by atoms with Gasteiger partial charge < -0.3 is 14.4 Å². The number of aryl methyl sites for hydroxylation is 2. The van der Waals surface area contributed by atoms with Crippen LogP contribution in [-0.2, 0) is 0 Å². The molecule has 3 heterocycles. The zero-order chi connectivity index (χ0) is 22.5. The maximum Gasteiger partial charge on any atom is 0.160 e. The highest BCUT2D eigenvalue weighted by atomic mass is 16.5. The van der Waals surface area contributed by atoms with Crippen LogP contribution in [0.1, 0.15) is 31.2 Å². The minimum atomic E-state index is -0.493. The van der Waals surface area contributed by atoms with E-state index in [0.717, 1.165) is 28.8 Å². The summed E-state index contributed by atoms with van der Waals surface area (Å²) in [4.78, 5) is 17.8. The van der Waals surface area contributed by atoms with Gasteiger partial charge >= 0.3 is 0 Å². The van der Waals surface area contributed by atoms with Crippen LogP contribution in [-0.4, -0.2) is 42.9 Å². The maximum absolute atomic E-state index is 9.98. The monoisotopic (exact) mass is 431 g/mol. The van der Waals surface area contributed by atoms with E-state index < -0.39 is 6.10 Å². The highest BCUT2D eigenvalue weighted by Gasteiger charge is 2.17. The molecule has 0 spiro atoms. The van der Waals surface area contributed by atoms with Crippen molar-refractivity contribution in [1.29, 1.82) is 0 Å². The van der Waals surface area contributed by atoms with Gasteiger partial charge in [-0.25, -0.2) is 19.9 Å². The van der Waals surface area contributed by atoms with E-state index >= 15 is 0 Å². The van der Waals surface area contributed by atoms with Crippen LogP contribution in [0.2, 0.25) is 0 Å². The Bertz CT molecular complexity index is 1170. The van der Waals surface area contributed by atoms with Crippen molar-refractivity contribution in [3.63, 3.8) is 0 Å².